The summed E-state index contributed by atoms with van der Waals surface area (Å²) in [5, 5.41) is 15.2. The molecule has 0 saturated heterocycles. The summed E-state index contributed by atoms with van der Waals surface area (Å²) in [6, 6.07) is 0. The molecule has 2 rings (SSSR count). The van der Waals surface area contributed by atoms with Gasteiger partial charge in [0.25, 0.3) is 5.91 Å². The molecule has 1 aliphatic carbocycles. The number of nitrogens with two attached hydrogens (primary N) is 1. The van der Waals surface area contributed by atoms with Gasteiger partial charge in [-0.3, -0.25) is 9.78 Å². The Balaban J connectivity index is 2.19. The van der Waals surface area contributed by atoms with Gasteiger partial charge in [0.05, 0.1) is 11.7 Å². The van der Waals surface area contributed by atoms with E-state index in [1.807, 2.05) is 0 Å². The van der Waals surface area contributed by atoms with Gasteiger partial charge in [-0.05, 0) is 12.8 Å². The van der Waals surface area contributed by atoms with Crippen LogP contribution in [-0.4, -0.2) is 27.5 Å². The first kappa shape index (κ1) is 14.8. The lowest BCUT2D eigenvalue weighted by atomic mass is 9.82. The second-order valence-corrected chi connectivity index (χ2v) is 6.04. The molecule has 0 atom stereocenters. The fourth-order valence-electron chi connectivity index (χ4n) is 2.66. The first-order valence-electron chi connectivity index (χ1n) is 6.87. The summed E-state index contributed by atoms with van der Waals surface area (Å²) in [6.45, 7) is 0. The number of hydrogen-bond acceptors (Lipinski definition) is 5. The average molecular weight is 296 g/mol. The molecule has 0 spiro atoms. The van der Waals surface area contributed by atoms with Crippen LogP contribution in [0.5, 0.6) is 0 Å². The van der Waals surface area contributed by atoms with Crippen LogP contribution in [0.2, 0.25) is 0 Å². The number of carbonyl (C=O) groups excluding carboxylic acids is 1. The lowest BCUT2D eigenvalue weighted by Gasteiger charge is -2.34. The van der Waals surface area contributed by atoms with Gasteiger partial charge in [-0.25, -0.2) is 0 Å². The van der Waals surface area contributed by atoms with Gasteiger partial charge in [-0.1, -0.05) is 37.3 Å². The van der Waals surface area contributed by atoms with Crippen LogP contribution in [0.25, 0.3) is 0 Å². The van der Waals surface area contributed by atoms with E-state index in [4.69, 9.17) is 10.9 Å². The van der Waals surface area contributed by atoms with E-state index >= 15 is 0 Å². The van der Waals surface area contributed by atoms with Crippen molar-refractivity contribution in [3.63, 3.8) is 0 Å². The molecule has 20 heavy (non-hydrogen) atoms. The van der Waals surface area contributed by atoms with Crippen molar-refractivity contribution in [1.29, 1.82) is 0 Å². The van der Waals surface area contributed by atoms with Crippen LogP contribution in [0.1, 0.15) is 54.6 Å². The summed E-state index contributed by atoms with van der Waals surface area (Å²) < 4.78 is 0. The van der Waals surface area contributed by atoms with Gasteiger partial charge in [-0.2, -0.15) is 0 Å². The van der Waals surface area contributed by atoms with Crippen molar-refractivity contribution in [3.05, 3.63) is 16.6 Å². The first-order chi connectivity index (χ1) is 9.68. The van der Waals surface area contributed by atoms with Gasteiger partial charge in [0.15, 0.2) is 5.84 Å². The van der Waals surface area contributed by atoms with Crippen molar-refractivity contribution in [2.45, 2.75) is 50.5 Å². The molecule has 1 fully saturated rings. The largest absolute Gasteiger partial charge is 0.409 e. The van der Waals surface area contributed by atoms with Gasteiger partial charge < -0.3 is 16.3 Å². The molecule has 110 valence electrons. The van der Waals surface area contributed by atoms with Crippen molar-refractivity contribution in [2.24, 2.45) is 10.9 Å². The van der Waals surface area contributed by atoms with Crippen LogP contribution in [0.15, 0.2) is 16.9 Å². The van der Waals surface area contributed by atoms with Crippen molar-refractivity contribution in [2.75, 3.05) is 0 Å². The summed E-state index contributed by atoms with van der Waals surface area (Å²) >= 11 is 1.28. The van der Waals surface area contributed by atoms with Crippen LogP contribution >= 0.6 is 11.3 Å². The first-order valence-corrected chi connectivity index (χ1v) is 7.75. The Kier molecular flexibility index (Phi) is 4.94. The van der Waals surface area contributed by atoms with Crippen LogP contribution in [-0.2, 0) is 0 Å². The summed E-state index contributed by atoms with van der Waals surface area (Å²) in [6.07, 6.45) is 8.27. The molecule has 1 heterocycles. The van der Waals surface area contributed by atoms with Gasteiger partial charge >= 0.3 is 0 Å². The number of rotatable bonds is 3. The Morgan fingerprint density at radius 1 is 1.35 bits per heavy atom. The van der Waals surface area contributed by atoms with E-state index in [1.165, 1.54) is 24.0 Å². The Hall–Kier alpha value is -1.63. The second kappa shape index (κ2) is 6.69. The van der Waals surface area contributed by atoms with E-state index in [0.29, 0.717) is 17.7 Å². The molecule has 0 bridgehead atoms. The van der Waals surface area contributed by atoms with Crippen molar-refractivity contribution < 1.29 is 10.0 Å². The Bertz CT molecular complexity index is 465. The van der Waals surface area contributed by atoms with E-state index in [9.17, 15) is 4.79 Å². The zero-order valence-electron chi connectivity index (χ0n) is 11.3. The predicted octanol–water partition coefficient (Wildman–Crippen LogP) is 2.10. The predicted molar refractivity (Wildman–Crippen MR) is 78.0 cm³/mol. The van der Waals surface area contributed by atoms with Crippen LogP contribution in [0.4, 0.5) is 0 Å². The Labute approximate surface area is 122 Å². The summed E-state index contributed by atoms with van der Waals surface area (Å²) in [5.74, 6) is -0.114. The molecule has 4 N–H and O–H groups in total. The molecule has 1 aromatic heterocycles. The van der Waals surface area contributed by atoms with E-state index < -0.39 is 5.54 Å². The van der Waals surface area contributed by atoms with Gasteiger partial charge in [0.1, 0.15) is 10.4 Å². The molecule has 1 aromatic rings. The topological polar surface area (TPSA) is 101 Å². The Morgan fingerprint density at radius 3 is 2.55 bits per heavy atom. The van der Waals surface area contributed by atoms with Crippen LogP contribution in [0.3, 0.4) is 0 Å². The van der Waals surface area contributed by atoms with Crippen LogP contribution < -0.4 is 11.1 Å². The lowest BCUT2D eigenvalue weighted by molar-refractivity contribution is 0.0914. The smallest absolute Gasteiger partial charge is 0.263 e. The van der Waals surface area contributed by atoms with E-state index in [-0.39, 0.29) is 11.7 Å². The molecule has 0 radical (unpaired) electrons. The number of amidine groups is 1. The number of carbonyl (C=O) groups is 1. The normalized spacial score (nSPS) is 19.9. The highest BCUT2D eigenvalue weighted by Gasteiger charge is 2.37. The molecule has 1 saturated carbocycles. The summed E-state index contributed by atoms with van der Waals surface area (Å²) in [7, 11) is 0. The number of oxime groups is 1. The standard InChI is InChI=1S/C13H20N4O2S/c14-12(17-19)13(6-4-2-1-3-5-7-13)16-11(18)10-8-15-9-20-10/h8-9,19H,1-7H2,(H2,14,17)(H,16,18). The molecule has 7 heteroatoms. The highest BCUT2D eigenvalue weighted by molar-refractivity contribution is 7.11. The molecular formula is C13H20N4O2S. The minimum Gasteiger partial charge on any atom is -0.409 e. The maximum atomic E-state index is 12.3. The quantitative estimate of drug-likeness (QED) is 0.344. The summed E-state index contributed by atoms with van der Waals surface area (Å²) in [5.41, 5.74) is 6.75. The third-order valence-corrected chi connectivity index (χ3v) is 4.59. The number of hydrogen-bond donors (Lipinski definition) is 3. The fourth-order valence-corrected chi connectivity index (χ4v) is 3.17. The third kappa shape index (κ3) is 3.27. The summed E-state index contributed by atoms with van der Waals surface area (Å²) in [4.78, 5) is 16.7. The highest BCUT2D eigenvalue weighted by Crippen LogP contribution is 2.27. The fraction of sp³-hybridized carbons (Fsp3) is 0.615. The van der Waals surface area contributed by atoms with E-state index in [2.05, 4.69) is 15.5 Å². The number of nitrogens with zero attached hydrogens (tertiary/aromatic N) is 2. The number of aromatic nitrogens is 1. The Morgan fingerprint density at radius 2 is 2.00 bits per heavy atom. The van der Waals surface area contributed by atoms with E-state index in [1.54, 1.807) is 5.51 Å². The van der Waals surface area contributed by atoms with Gasteiger partial charge in [0.2, 0.25) is 0 Å². The maximum Gasteiger partial charge on any atom is 0.263 e. The minimum atomic E-state index is -0.740. The van der Waals surface area contributed by atoms with Gasteiger partial charge in [-0.15, -0.1) is 11.3 Å². The molecule has 0 unspecified atom stereocenters. The molecule has 0 aliphatic heterocycles. The molecule has 1 amide bonds. The van der Waals surface area contributed by atoms with Crippen molar-refractivity contribution >= 4 is 23.1 Å². The number of nitrogens with one attached hydrogen (secondary N) is 1. The van der Waals surface area contributed by atoms with Gasteiger partial charge in [0, 0.05) is 0 Å². The number of thiazole rings is 1. The highest BCUT2D eigenvalue weighted by atomic mass is 32.1. The lowest BCUT2D eigenvalue weighted by Crippen LogP contribution is -2.57. The van der Waals surface area contributed by atoms with E-state index in [0.717, 1.165) is 25.7 Å². The number of amides is 1. The average Bonchev–Trinajstić information content (AvgIpc) is 2.95. The zero-order chi connectivity index (χ0) is 14.4. The zero-order valence-corrected chi connectivity index (χ0v) is 12.2. The molecule has 6 nitrogen and oxygen atoms in total. The van der Waals surface area contributed by atoms with Crippen molar-refractivity contribution in [1.82, 2.24) is 10.3 Å². The molecular weight excluding hydrogens is 276 g/mol. The minimum absolute atomic E-state index is 0.0947. The van der Waals surface area contributed by atoms with Crippen LogP contribution in [0, 0.1) is 0 Å². The monoisotopic (exact) mass is 296 g/mol. The second-order valence-electron chi connectivity index (χ2n) is 5.15. The molecule has 1 aliphatic rings. The SMILES string of the molecule is NC(=NO)C1(NC(=O)c2cncs2)CCCCCCC1. The van der Waals surface area contributed by atoms with Crippen molar-refractivity contribution in [3.8, 4) is 0 Å². The maximum absolute atomic E-state index is 12.3. The third-order valence-electron chi connectivity index (χ3n) is 3.81. The molecule has 0 aromatic carbocycles.